The minimum atomic E-state index is -0.273. The minimum Gasteiger partial charge on any atom is -0.507 e. The van der Waals surface area contributed by atoms with Gasteiger partial charge in [0.2, 0.25) is 0 Å². The number of phenols is 1. The van der Waals surface area contributed by atoms with Crippen molar-refractivity contribution >= 4 is 27.7 Å². The van der Waals surface area contributed by atoms with E-state index in [2.05, 4.69) is 22.9 Å². The van der Waals surface area contributed by atoms with Gasteiger partial charge < -0.3 is 9.84 Å². The van der Waals surface area contributed by atoms with Crippen LogP contribution in [0.3, 0.4) is 0 Å². The SMILES string of the molecule is CC(=O)O[C@H]1Cc2cc(O)c(Br)cc2C2CC[C@]3(C)C(=O)CCC3C21. The Kier molecular flexibility index (Phi) is 3.98. The number of aromatic hydroxyl groups is 1. The van der Waals surface area contributed by atoms with E-state index in [-0.39, 0.29) is 41.0 Å². The standard InChI is InChI=1S/C20H23BrO4/c1-10(22)25-17-8-11-7-16(23)15(21)9-13(11)12-5-6-20(2)14(19(12)17)3-4-18(20)24/h7,9,12,14,17,19,23H,3-6,8H2,1-2H3/t12?,14?,17-,19?,20-/m0/s1. The first-order valence-electron chi connectivity index (χ1n) is 9.03. The topological polar surface area (TPSA) is 63.6 Å². The molecule has 3 aliphatic rings. The van der Waals surface area contributed by atoms with Gasteiger partial charge in [0, 0.05) is 31.1 Å². The van der Waals surface area contributed by atoms with E-state index in [9.17, 15) is 14.7 Å². The number of fused-ring (bicyclic) bond motifs is 5. The van der Waals surface area contributed by atoms with Crippen LogP contribution in [0.5, 0.6) is 5.75 Å². The quantitative estimate of drug-likeness (QED) is 0.712. The van der Waals surface area contributed by atoms with Crippen LogP contribution in [0.15, 0.2) is 16.6 Å². The molecule has 1 aromatic carbocycles. The van der Waals surface area contributed by atoms with Gasteiger partial charge in [0.1, 0.15) is 17.6 Å². The third-order valence-electron chi connectivity index (χ3n) is 6.82. The molecule has 0 bridgehead atoms. The van der Waals surface area contributed by atoms with Crippen molar-refractivity contribution < 1.29 is 19.4 Å². The number of halogens is 1. The fraction of sp³-hybridized carbons (Fsp3) is 0.600. The molecule has 0 spiro atoms. The third kappa shape index (κ3) is 2.54. The molecule has 0 heterocycles. The summed E-state index contributed by atoms with van der Waals surface area (Å²) >= 11 is 3.43. The number of hydrogen-bond acceptors (Lipinski definition) is 4. The summed E-state index contributed by atoms with van der Waals surface area (Å²) in [4.78, 5) is 24.2. The van der Waals surface area contributed by atoms with Gasteiger partial charge in [0.25, 0.3) is 0 Å². The summed E-state index contributed by atoms with van der Waals surface area (Å²) in [5.41, 5.74) is 2.02. The average Bonchev–Trinajstić information content (AvgIpc) is 2.84. The molecule has 4 nitrogen and oxygen atoms in total. The van der Waals surface area contributed by atoms with E-state index in [1.807, 2.05) is 6.07 Å². The maximum atomic E-state index is 12.5. The molecule has 5 atom stereocenters. The largest absolute Gasteiger partial charge is 0.507 e. The lowest BCUT2D eigenvalue weighted by Crippen LogP contribution is -2.49. The fourth-order valence-electron chi connectivity index (χ4n) is 5.68. The van der Waals surface area contributed by atoms with Crippen LogP contribution in [-0.2, 0) is 20.7 Å². The van der Waals surface area contributed by atoms with Crippen molar-refractivity contribution in [2.75, 3.05) is 0 Å². The van der Waals surface area contributed by atoms with Crippen LogP contribution in [0, 0.1) is 17.3 Å². The third-order valence-corrected chi connectivity index (χ3v) is 7.45. The van der Waals surface area contributed by atoms with Gasteiger partial charge in [0.05, 0.1) is 4.47 Å². The molecular formula is C20H23BrO4. The summed E-state index contributed by atoms with van der Waals surface area (Å²) in [5, 5.41) is 10.1. The number of benzene rings is 1. The van der Waals surface area contributed by atoms with Gasteiger partial charge in [-0.2, -0.15) is 0 Å². The molecule has 5 heteroatoms. The van der Waals surface area contributed by atoms with E-state index in [1.165, 1.54) is 12.5 Å². The van der Waals surface area contributed by atoms with Crippen LogP contribution in [0.2, 0.25) is 0 Å². The van der Waals surface area contributed by atoms with Crippen LogP contribution in [0.4, 0.5) is 0 Å². The monoisotopic (exact) mass is 406 g/mol. The van der Waals surface area contributed by atoms with Crippen molar-refractivity contribution in [1.82, 2.24) is 0 Å². The predicted molar refractivity (Wildman–Crippen MR) is 96.4 cm³/mol. The number of carbonyl (C=O) groups excluding carboxylic acids is 2. The maximum Gasteiger partial charge on any atom is 0.302 e. The molecule has 134 valence electrons. The molecule has 0 amide bonds. The van der Waals surface area contributed by atoms with Crippen molar-refractivity contribution in [3.05, 3.63) is 27.7 Å². The summed E-state index contributed by atoms with van der Waals surface area (Å²) in [6.45, 7) is 3.56. The zero-order valence-electron chi connectivity index (χ0n) is 14.5. The number of ketones is 1. The lowest BCUT2D eigenvalue weighted by Gasteiger charge is -2.50. The second kappa shape index (κ2) is 5.83. The first kappa shape index (κ1) is 17.1. The molecule has 0 saturated heterocycles. The van der Waals surface area contributed by atoms with Crippen LogP contribution in [-0.4, -0.2) is 23.0 Å². The van der Waals surface area contributed by atoms with Crippen molar-refractivity contribution in [2.24, 2.45) is 17.3 Å². The Labute approximate surface area is 156 Å². The fourth-order valence-corrected chi connectivity index (χ4v) is 6.04. The summed E-state index contributed by atoms with van der Waals surface area (Å²) in [5.74, 6) is 1.03. The van der Waals surface area contributed by atoms with Crippen molar-refractivity contribution in [3.8, 4) is 5.75 Å². The maximum absolute atomic E-state index is 12.5. The summed E-state index contributed by atoms with van der Waals surface area (Å²) in [6, 6.07) is 3.81. The highest BCUT2D eigenvalue weighted by molar-refractivity contribution is 9.10. The first-order valence-corrected chi connectivity index (χ1v) is 9.82. The van der Waals surface area contributed by atoms with Gasteiger partial charge in [-0.1, -0.05) is 6.92 Å². The Morgan fingerprint density at radius 3 is 2.84 bits per heavy atom. The van der Waals surface area contributed by atoms with Crippen molar-refractivity contribution in [2.45, 2.75) is 58.0 Å². The molecule has 0 aromatic heterocycles. The molecule has 3 aliphatic carbocycles. The minimum absolute atomic E-state index is 0.179. The highest BCUT2D eigenvalue weighted by atomic mass is 79.9. The van der Waals surface area contributed by atoms with E-state index < -0.39 is 0 Å². The van der Waals surface area contributed by atoms with Gasteiger partial charge in [-0.25, -0.2) is 0 Å². The van der Waals surface area contributed by atoms with Gasteiger partial charge in [-0.3, -0.25) is 9.59 Å². The highest BCUT2D eigenvalue weighted by Crippen LogP contribution is 2.60. The molecule has 25 heavy (non-hydrogen) atoms. The second-order valence-corrected chi connectivity index (χ2v) is 8.92. The Morgan fingerprint density at radius 1 is 1.36 bits per heavy atom. The summed E-state index contributed by atoms with van der Waals surface area (Å²) in [6.07, 6.45) is 3.74. The highest BCUT2D eigenvalue weighted by Gasteiger charge is 2.57. The smallest absolute Gasteiger partial charge is 0.302 e. The summed E-state index contributed by atoms with van der Waals surface area (Å²) in [7, 11) is 0. The number of hydrogen-bond donors (Lipinski definition) is 1. The first-order chi connectivity index (χ1) is 11.8. The molecule has 0 aliphatic heterocycles. The molecule has 0 radical (unpaired) electrons. The lowest BCUT2D eigenvalue weighted by molar-refractivity contribution is -0.155. The van der Waals surface area contributed by atoms with E-state index in [1.54, 1.807) is 6.07 Å². The van der Waals surface area contributed by atoms with Gasteiger partial charge in [-0.15, -0.1) is 0 Å². The number of rotatable bonds is 1. The van der Waals surface area contributed by atoms with E-state index >= 15 is 0 Å². The van der Waals surface area contributed by atoms with E-state index in [0.717, 1.165) is 24.8 Å². The number of Topliss-reactive ketones (excluding diaryl/α,β-unsaturated/α-hetero) is 1. The molecule has 1 N–H and O–H groups in total. The molecular weight excluding hydrogens is 384 g/mol. The Hall–Kier alpha value is -1.36. The molecule has 4 rings (SSSR count). The Balaban J connectivity index is 1.81. The van der Waals surface area contributed by atoms with Gasteiger partial charge in [0.15, 0.2) is 0 Å². The number of esters is 1. The second-order valence-electron chi connectivity index (χ2n) is 8.06. The van der Waals surface area contributed by atoms with Gasteiger partial charge >= 0.3 is 5.97 Å². The number of ether oxygens (including phenoxy) is 1. The number of carbonyl (C=O) groups is 2. The van der Waals surface area contributed by atoms with Gasteiger partial charge in [-0.05, 0) is 70.3 Å². The average molecular weight is 407 g/mol. The van der Waals surface area contributed by atoms with Crippen LogP contribution < -0.4 is 0 Å². The van der Waals surface area contributed by atoms with Crippen LogP contribution in [0.25, 0.3) is 0 Å². The van der Waals surface area contributed by atoms with Crippen LogP contribution >= 0.6 is 15.9 Å². The predicted octanol–water partition coefficient (Wildman–Crippen LogP) is 4.12. The Morgan fingerprint density at radius 2 is 2.12 bits per heavy atom. The number of phenolic OH excluding ortho intramolecular Hbond substituents is 1. The van der Waals surface area contributed by atoms with E-state index in [4.69, 9.17) is 4.74 Å². The molecule has 3 unspecified atom stereocenters. The van der Waals surface area contributed by atoms with Crippen LogP contribution in [0.1, 0.15) is 56.6 Å². The zero-order chi connectivity index (χ0) is 17.9. The van der Waals surface area contributed by atoms with E-state index in [0.29, 0.717) is 23.1 Å². The Bertz CT molecular complexity index is 758. The normalized spacial score (nSPS) is 36.4. The van der Waals surface area contributed by atoms with Crippen molar-refractivity contribution in [3.63, 3.8) is 0 Å². The lowest BCUT2D eigenvalue weighted by atomic mass is 9.55. The molecule has 2 fully saturated rings. The molecule has 2 saturated carbocycles. The molecule has 1 aromatic rings. The summed E-state index contributed by atoms with van der Waals surface area (Å²) < 4.78 is 6.43. The zero-order valence-corrected chi connectivity index (χ0v) is 16.1. The van der Waals surface area contributed by atoms with Crippen molar-refractivity contribution in [1.29, 1.82) is 0 Å².